The smallest absolute Gasteiger partial charge is 0.303 e. The number of carboxylic acid groups (broad SMARTS) is 1. The topological polar surface area (TPSA) is 53.4 Å². The lowest BCUT2D eigenvalue weighted by Gasteiger charge is -2.25. The van der Waals surface area contributed by atoms with Crippen molar-refractivity contribution in [3.05, 3.63) is 16.1 Å². The first-order valence-corrected chi connectivity index (χ1v) is 6.74. The first-order chi connectivity index (χ1) is 7.99. The largest absolute Gasteiger partial charge is 0.481 e. The maximum atomic E-state index is 10.5. The molecule has 0 saturated carbocycles. The molecule has 1 N–H and O–H groups in total. The number of rotatable bonds is 7. The minimum Gasteiger partial charge on any atom is -0.481 e. The van der Waals surface area contributed by atoms with Crippen molar-refractivity contribution >= 4 is 17.3 Å². The van der Waals surface area contributed by atoms with Gasteiger partial charge in [0.15, 0.2) is 0 Å². The minimum absolute atomic E-state index is 0.236. The fourth-order valence-corrected chi connectivity index (χ4v) is 2.40. The molecule has 0 atom stereocenters. The fourth-order valence-electron chi connectivity index (χ4n) is 1.60. The van der Waals surface area contributed by atoms with Crippen LogP contribution in [-0.2, 0) is 11.3 Å². The van der Waals surface area contributed by atoms with E-state index < -0.39 is 5.97 Å². The molecule has 0 aliphatic rings. The third kappa shape index (κ3) is 5.28. The second-order valence-electron chi connectivity index (χ2n) is 4.44. The molecule has 0 aromatic carbocycles. The van der Waals surface area contributed by atoms with Crippen molar-refractivity contribution < 1.29 is 9.90 Å². The van der Waals surface area contributed by atoms with E-state index in [0.29, 0.717) is 12.5 Å². The Balaban J connectivity index is 2.46. The minimum atomic E-state index is -0.723. The summed E-state index contributed by atoms with van der Waals surface area (Å²) >= 11 is 1.67. The molecule has 0 saturated heterocycles. The Hall–Kier alpha value is -0.940. The van der Waals surface area contributed by atoms with E-state index in [4.69, 9.17) is 5.11 Å². The van der Waals surface area contributed by atoms with Crippen LogP contribution in [0.2, 0.25) is 0 Å². The quantitative estimate of drug-likeness (QED) is 0.814. The summed E-state index contributed by atoms with van der Waals surface area (Å²) in [7, 11) is 0. The second kappa shape index (κ2) is 6.71. The van der Waals surface area contributed by atoms with E-state index in [1.54, 1.807) is 11.3 Å². The zero-order valence-electron chi connectivity index (χ0n) is 10.6. The zero-order valence-corrected chi connectivity index (χ0v) is 11.5. The highest BCUT2D eigenvalue weighted by molar-refractivity contribution is 7.09. The monoisotopic (exact) mass is 256 g/mol. The third-order valence-electron chi connectivity index (χ3n) is 2.57. The summed E-state index contributed by atoms with van der Waals surface area (Å²) in [6.45, 7) is 7.87. The number of hydrogen-bond donors (Lipinski definition) is 1. The van der Waals surface area contributed by atoms with Crippen LogP contribution in [0.1, 0.15) is 37.4 Å². The molecule has 1 heterocycles. The Morgan fingerprint density at radius 2 is 2.29 bits per heavy atom. The van der Waals surface area contributed by atoms with Crippen LogP contribution in [0.3, 0.4) is 0 Å². The number of carboxylic acids is 1. The van der Waals surface area contributed by atoms with Crippen molar-refractivity contribution in [3.8, 4) is 0 Å². The first-order valence-electron chi connectivity index (χ1n) is 5.86. The van der Waals surface area contributed by atoms with Crippen LogP contribution in [0.25, 0.3) is 0 Å². The van der Waals surface area contributed by atoms with Gasteiger partial charge in [0.25, 0.3) is 0 Å². The van der Waals surface area contributed by atoms with Gasteiger partial charge in [0.1, 0.15) is 5.01 Å². The van der Waals surface area contributed by atoms with Gasteiger partial charge in [0, 0.05) is 23.5 Å². The highest BCUT2D eigenvalue weighted by Crippen LogP contribution is 2.14. The molecule has 0 radical (unpaired) electrons. The summed E-state index contributed by atoms with van der Waals surface area (Å²) in [4.78, 5) is 17.2. The number of aromatic nitrogens is 1. The number of aryl methyl sites for hydroxylation is 1. The van der Waals surface area contributed by atoms with E-state index in [-0.39, 0.29) is 6.42 Å². The Morgan fingerprint density at radius 3 is 2.76 bits per heavy atom. The van der Waals surface area contributed by atoms with Crippen molar-refractivity contribution in [3.63, 3.8) is 0 Å². The molecular formula is C12H20N2O2S. The number of nitrogens with zero attached hydrogens (tertiary/aromatic N) is 2. The average molecular weight is 256 g/mol. The molecule has 0 bridgehead atoms. The van der Waals surface area contributed by atoms with E-state index in [0.717, 1.165) is 23.8 Å². The van der Waals surface area contributed by atoms with Crippen molar-refractivity contribution in [2.24, 2.45) is 0 Å². The van der Waals surface area contributed by atoms with Gasteiger partial charge in [-0.2, -0.15) is 0 Å². The molecular weight excluding hydrogens is 236 g/mol. The Morgan fingerprint density at radius 1 is 1.59 bits per heavy atom. The number of carbonyl (C=O) groups is 1. The van der Waals surface area contributed by atoms with E-state index in [9.17, 15) is 4.79 Å². The van der Waals surface area contributed by atoms with Crippen molar-refractivity contribution in [1.82, 2.24) is 9.88 Å². The molecule has 0 aliphatic carbocycles. The lowest BCUT2D eigenvalue weighted by Crippen LogP contribution is -2.31. The summed E-state index contributed by atoms with van der Waals surface area (Å²) < 4.78 is 0. The number of hydrogen-bond acceptors (Lipinski definition) is 4. The Kier molecular flexibility index (Phi) is 5.58. The van der Waals surface area contributed by atoms with Gasteiger partial charge in [0.2, 0.25) is 0 Å². The summed E-state index contributed by atoms with van der Waals surface area (Å²) in [5.41, 5.74) is 1.05. The van der Waals surface area contributed by atoms with E-state index >= 15 is 0 Å². The van der Waals surface area contributed by atoms with E-state index in [1.165, 1.54) is 0 Å². The van der Waals surface area contributed by atoms with Crippen LogP contribution >= 0.6 is 11.3 Å². The predicted octanol–water partition coefficient (Wildman–Crippen LogP) is 2.53. The van der Waals surface area contributed by atoms with Gasteiger partial charge < -0.3 is 5.11 Å². The van der Waals surface area contributed by atoms with Gasteiger partial charge in [0.05, 0.1) is 6.54 Å². The molecule has 0 spiro atoms. The molecule has 5 heteroatoms. The van der Waals surface area contributed by atoms with Crippen LogP contribution in [0.15, 0.2) is 5.38 Å². The van der Waals surface area contributed by atoms with Gasteiger partial charge in [-0.05, 0) is 33.7 Å². The highest BCUT2D eigenvalue weighted by Gasteiger charge is 2.12. The third-order valence-corrected chi connectivity index (χ3v) is 3.52. The fraction of sp³-hybridized carbons (Fsp3) is 0.667. The standard InChI is InChI=1S/C12H20N2O2S/c1-9(2)14(6-4-5-12(15)16)7-11-13-10(3)8-17-11/h8-9H,4-7H2,1-3H3,(H,15,16). The normalized spacial score (nSPS) is 11.4. The predicted molar refractivity (Wildman–Crippen MR) is 69.3 cm³/mol. The van der Waals surface area contributed by atoms with Crippen LogP contribution in [-0.4, -0.2) is 33.5 Å². The maximum absolute atomic E-state index is 10.5. The first kappa shape index (κ1) is 14.1. The summed E-state index contributed by atoms with van der Waals surface area (Å²) in [5, 5.41) is 11.8. The molecule has 0 fully saturated rings. The van der Waals surface area contributed by atoms with Crippen LogP contribution in [0.4, 0.5) is 0 Å². The van der Waals surface area contributed by atoms with Gasteiger partial charge in [-0.15, -0.1) is 11.3 Å². The second-order valence-corrected chi connectivity index (χ2v) is 5.39. The molecule has 4 nitrogen and oxygen atoms in total. The SMILES string of the molecule is Cc1csc(CN(CCCC(=O)O)C(C)C)n1. The summed E-state index contributed by atoms with van der Waals surface area (Å²) in [6, 6.07) is 0.410. The van der Waals surface area contributed by atoms with Crippen molar-refractivity contribution in [2.45, 2.75) is 46.2 Å². The average Bonchev–Trinajstić information content (AvgIpc) is 2.62. The number of aliphatic carboxylic acids is 1. The van der Waals surface area contributed by atoms with E-state index in [1.807, 2.05) is 12.3 Å². The molecule has 1 aromatic heterocycles. The molecule has 0 amide bonds. The molecule has 0 unspecified atom stereocenters. The van der Waals surface area contributed by atoms with Crippen molar-refractivity contribution in [1.29, 1.82) is 0 Å². The molecule has 0 aliphatic heterocycles. The molecule has 17 heavy (non-hydrogen) atoms. The maximum Gasteiger partial charge on any atom is 0.303 e. The Bertz CT molecular complexity index is 363. The molecule has 96 valence electrons. The van der Waals surface area contributed by atoms with Crippen LogP contribution in [0.5, 0.6) is 0 Å². The van der Waals surface area contributed by atoms with Crippen LogP contribution < -0.4 is 0 Å². The number of thiazole rings is 1. The van der Waals surface area contributed by atoms with E-state index in [2.05, 4.69) is 23.7 Å². The van der Waals surface area contributed by atoms with Gasteiger partial charge in [-0.25, -0.2) is 4.98 Å². The lowest BCUT2D eigenvalue weighted by atomic mass is 10.2. The molecule has 1 rings (SSSR count). The van der Waals surface area contributed by atoms with Crippen molar-refractivity contribution in [2.75, 3.05) is 6.54 Å². The lowest BCUT2D eigenvalue weighted by molar-refractivity contribution is -0.137. The zero-order chi connectivity index (χ0) is 12.8. The van der Waals surface area contributed by atoms with Gasteiger partial charge >= 0.3 is 5.97 Å². The van der Waals surface area contributed by atoms with Crippen LogP contribution in [0, 0.1) is 6.92 Å². The molecule has 1 aromatic rings. The Labute approximate surface area is 106 Å². The highest BCUT2D eigenvalue weighted by atomic mass is 32.1. The van der Waals surface area contributed by atoms with Gasteiger partial charge in [-0.3, -0.25) is 9.69 Å². The van der Waals surface area contributed by atoms with Gasteiger partial charge in [-0.1, -0.05) is 0 Å². The summed E-state index contributed by atoms with van der Waals surface area (Å²) in [5.74, 6) is -0.723. The summed E-state index contributed by atoms with van der Waals surface area (Å²) in [6.07, 6.45) is 0.929.